The minimum Gasteiger partial charge on any atom is -0.497 e. The van der Waals surface area contributed by atoms with E-state index in [4.69, 9.17) is 14.2 Å². The molecule has 2 atom stereocenters. The first-order valence-corrected chi connectivity index (χ1v) is 10.7. The van der Waals surface area contributed by atoms with Gasteiger partial charge in [-0.1, -0.05) is 24.3 Å². The fourth-order valence-corrected chi connectivity index (χ4v) is 3.88. The van der Waals surface area contributed by atoms with Crippen LogP contribution in [-0.2, 0) is 4.74 Å². The van der Waals surface area contributed by atoms with Gasteiger partial charge in [0.05, 0.1) is 32.0 Å². The van der Waals surface area contributed by atoms with Gasteiger partial charge in [-0.3, -0.25) is 0 Å². The zero-order valence-corrected chi connectivity index (χ0v) is 19.8. The van der Waals surface area contributed by atoms with Crippen molar-refractivity contribution in [3.8, 4) is 11.5 Å². The second-order valence-corrected chi connectivity index (χ2v) is 7.76. The van der Waals surface area contributed by atoms with Crippen LogP contribution in [0.5, 0.6) is 11.5 Å². The van der Waals surface area contributed by atoms with Crippen molar-refractivity contribution in [2.24, 2.45) is 0 Å². The number of esters is 1. The van der Waals surface area contributed by atoms with Crippen LogP contribution in [0.3, 0.4) is 0 Å². The zero-order valence-electron chi connectivity index (χ0n) is 19.0. The van der Waals surface area contributed by atoms with Gasteiger partial charge in [0.25, 0.3) is 0 Å². The van der Waals surface area contributed by atoms with Crippen molar-refractivity contribution in [3.05, 3.63) is 83.9 Å². The molecular formula is C26H29ClN2O4. The highest BCUT2D eigenvalue weighted by molar-refractivity contribution is 5.90. The smallest absolute Gasteiger partial charge is 0.337 e. The summed E-state index contributed by atoms with van der Waals surface area (Å²) in [6.07, 6.45) is -0.0433. The molecule has 7 heteroatoms. The van der Waals surface area contributed by atoms with Gasteiger partial charge in [-0.25, -0.2) is 4.79 Å². The molecule has 0 spiro atoms. The summed E-state index contributed by atoms with van der Waals surface area (Å²) < 4.78 is 16.4. The SMILES string of the molecule is COC(=O)c1ccc(N2CC(CN[C@H](C)c3cccc(OC)c3)Oc3ccccc32)cc1.Cl. The van der Waals surface area contributed by atoms with E-state index >= 15 is 0 Å². The number of nitrogens with zero attached hydrogens (tertiary/aromatic N) is 1. The second-order valence-electron chi connectivity index (χ2n) is 7.76. The highest BCUT2D eigenvalue weighted by Crippen LogP contribution is 2.38. The van der Waals surface area contributed by atoms with Crippen LogP contribution >= 0.6 is 12.4 Å². The lowest BCUT2D eigenvalue weighted by atomic mass is 10.1. The molecule has 0 aromatic heterocycles. The lowest BCUT2D eigenvalue weighted by Crippen LogP contribution is -2.44. The summed E-state index contributed by atoms with van der Waals surface area (Å²) in [7, 11) is 3.06. The predicted octanol–water partition coefficient (Wildman–Crippen LogP) is 5.15. The first kappa shape index (κ1) is 24.4. The van der Waals surface area contributed by atoms with Crippen LogP contribution in [0.4, 0.5) is 11.4 Å². The molecule has 0 aliphatic carbocycles. The van der Waals surface area contributed by atoms with Crippen LogP contribution in [0.2, 0.25) is 0 Å². The Balaban J connectivity index is 0.00000306. The zero-order chi connectivity index (χ0) is 22.5. The highest BCUT2D eigenvalue weighted by Gasteiger charge is 2.27. The number of hydrogen-bond donors (Lipinski definition) is 1. The molecule has 0 saturated heterocycles. The van der Waals surface area contributed by atoms with E-state index in [1.165, 1.54) is 7.11 Å². The van der Waals surface area contributed by atoms with E-state index < -0.39 is 0 Å². The summed E-state index contributed by atoms with van der Waals surface area (Å²) in [4.78, 5) is 14.0. The van der Waals surface area contributed by atoms with Crippen LogP contribution < -0.4 is 19.7 Å². The Bertz CT molecular complexity index is 1070. The van der Waals surface area contributed by atoms with Crippen LogP contribution in [0.25, 0.3) is 0 Å². The number of carbonyl (C=O) groups excluding carboxylic acids is 1. The van der Waals surface area contributed by atoms with Crippen molar-refractivity contribution in [3.63, 3.8) is 0 Å². The normalized spacial score (nSPS) is 15.5. The highest BCUT2D eigenvalue weighted by atomic mass is 35.5. The number of carbonyl (C=O) groups is 1. The molecule has 0 saturated carbocycles. The van der Waals surface area contributed by atoms with Crippen molar-refractivity contribution in [1.29, 1.82) is 0 Å². The number of ether oxygens (including phenoxy) is 3. The van der Waals surface area contributed by atoms with E-state index in [1.807, 2.05) is 54.6 Å². The number of nitrogens with one attached hydrogen (secondary N) is 1. The minimum absolute atomic E-state index is 0. The summed E-state index contributed by atoms with van der Waals surface area (Å²) in [5, 5.41) is 3.59. The quantitative estimate of drug-likeness (QED) is 0.484. The molecule has 1 aliphatic heterocycles. The Morgan fingerprint density at radius 1 is 1.09 bits per heavy atom. The van der Waals surface area contributed by atoms with E-state index in [0.717, 1.165) is 28.4 Å². The second kappa shape index (κ2) is 11.1. The molecule has 174 valence electrons. The van der Waals surface area contributed by atoms with Crippen LogP contribution in [0, 0.1) is 0 Å². The molecule has 1 N–H and O–H groups in total. The number of hydrogen-bond acceptors (Lipinski definition) is 6. The minimum atomic E-state index is -0.340. The molecule has 0 bridgehead atoms. The summed E-state index contributed by atoms with van der Waals surface area (Å²) in [6.45, 7) is 3.50. The molecule has 3 aromatic carbocycles. The molecule has 6 nitrogen and oxygen atoms in total. The lowest BCUT2D eigenvalue weighted by Gasteiger charge is -2.37. The van der Waals surface area contributed by atoms with Crippen molar-refractivity contribution in [1.82, 2.24) is 5.32 Å². The van der Waals surface area contributed by atoms with E-state index in [1.54, 1.807) is 19.2 Å². The summed E-state index contributed by atoms with van der Waals surface area (Å²) >= 11 is 0. The van der Waals surface area contributed by atoms with Gasteiger partial charge in [-0.15, -0.1) is 12.4 Å². The average Bonchev–Trinajstić information content (AvgIpc) is 2.86. The van der Waals surface area contributed by atoms with E-state index in [-0.39, 0.29) is 30.5 Å². The standard InChI is InChI=1S/C26H28N2O4.ClH/c1-18(20-7-6-8-22(15-20)30-2)27-16-23-17-28(24-9-4-5-10-25(24)32-23)21-13-11-19(12-14-21)26(29)31-3;/h4-15,18,23,27H,16-17H2,1-3H3;1H/t18-,23?;/m1./s1. The topological polar surface area (TPSA) is 60.0 Å². The molecule has 0 amide bonds. The van der Waals surface area contributed by atoms with Gasteiger partial charge < -0.3 is 24.4 Å². The molecule has 3 aromatic rings. The molecule has 0 fully saturated rings. The van der Waals surface area contributed by atoms with E-state index in [2.05, 4.69) is 23.2 Å². The molecule has 1 unspecified atom stereocenters. The maximum absolute atomic E-state index is 11.8. The van der Waals surface area contributed by atoms with Crippen molar-refractivity contribution in [2.45, 2.75) is 19.1 Å². The molecule has 1 aliphatic rings. The molecule has 1 heterocycles. The van der Waals surface area contributed by atoms with Gasteiger partial charge in [-0.05, 0) is 61.0 Å². The van der Waals surface area contributed by atoms with Crippen LogP contribution in [0.1, 0.15) is 28.9 Å². The predicted molar refractivity (Wildman–Crippen MR) is 132 cm³/mol. The number of fused-ring (bicyclic) bond motifs is 1. The van der Waals surface area contributed by atoms with Gasteiger partial charge in [0.1, 0.15) is 17.6 Å². The number of halogens is 1. The van der Waals surface area contributed by atoms with Crippen molar-refractivity contribution < 1.29 is 19.0 Å². The van der Waals surface area contributed by atoms with Crippen LogP contribution in [0.15, 0.2) is 72.8 Å². The van der Waals surface area contributed by atoms with Crippen molar-refractivity contribution in [2.75, 3.05) is 32.2 Å². The molecule has 4 rings (SSSR count). The average molecular weight is 469 g/mol. The summed E-state index contributed by atoms with van der Waals surface area (Å²) in [5.41, 5.74) is 3.70. The number of benzene rings is 3. The largest absolute Gasteiger partial charge is 0.497 e. The Morgan fingerprint density at radius 3 is 2.58 bits per heavy atom. The van der Waals surface area contributed by atoms with Gasteiger partial charge in [-0.2, -0.15) is 0 Å². The molecular weight excluding hydrogens is 440 g/mol. The fourth-order valence-electron chi connectivity index (χ4n) is 3.88. The van der Waals surface area contributed by atoms with Crippen molar-refractivity contribution >= 4 is 29.8 Å². The summed E-state index contributed by atoms with van der Waals surface area (Å²) in [6, 6.07) is 23.7. The molecule has 33 heavy (non-hydrogen) atoms. The van der Waals surface area contributed by atoms with Gasteiger partial charge in [0.15, 0.2) is 0 Å². The Hall–Kier alpha value is -3.22. The number of para-hydroxylation sites is 2. The van der Waals surface area contributed by atoms with Gasteiger partial charge in [0.2, 0.25) is 0 Å². The van der Waals surface area contributed by atoms with E-state index in [0.29, 0.717) is 18.7 Å². The fraction of sp³-hybridized carbons (Fsp3) is 0.269. The third-order valence-corrected chi connectivity index (χ3v) is 5.68. The Labute approximate surface area is 200 Å². The van der Waals surface area contributed by atoms with Gasteiger partial charge >= 0.3 is 5.97 Å². The maximum atomic E-state index is 11.8. The number of anilines is 2. The van der Waals surface area contributed by atoms with Crippen LogP contribution in [-0.4, -0.2) is 39.4 Å². The number of rotatable bonds is 7. The van der Waals surface area contributed by atoms with Gasteiger partial charge in [0, 0.05) is 18.3 Å². The van der Waals surface area contributed by atoms with E-state index in [9.17, 15) is 4.79 Å². The first-order valence-electron chi connectivity index (χ1n) is 10.7. The Morgan fingerprint density at radius 2 is 1.85 bits per heavy atom. The molecule has 0 radical (unpaired) electrons. The lowest BCUT2D eigenvalue weighted by molar-refractivity contribution is 0.0600. The summed E-state index contributed by atoms with van der Waals surface area (Å²) in [5.74, 6) is 1.35. The third-order valence-electron chi connectivity index (χ3n) is 5.68. The third kappa shape index (κ3) is 5.59. The first-order chi connectivity index (χ1) is 15.6. The Kier molecular flexibility index (Phi) is 8.20. The monoisotopic (exact) mass is 468 g/mol. The number of methoxy groups -OCH3 is 2. The maximum Gasteiger partial charge on any atom is 0.337 e.